The molecule has 120 valence electrons. The van der Waals surface area contributed by atoms with Crippen molar-refractivity contribution in [2.24, 2.45) is 0 Å². The maximum absolute atomic E-state index is 12.7. The molecule has 0 saturated carbocycles. The lowest BCUT2D eigenvalue weighted by molar-refractivity contribution is 0.629. The lowest BCUT2D eigenvalue weighted by Gasteiger charge is -1.96. The second-order valence-corrected chi connectivity index (χ2v) is 5.19. The molecule has 1 N–H and O–H groups in total. The Labute approximate surface area is 138 Å². The standard InChI is InChI=1S/C8H4ClFN2.C8H5FN2O/c9-7-4-11-12-8-2-1-5(10)3-6(7)8;9-5-1-2-7-6(3-5)8(12)4-10-11-7/h1-4H;1-4H,(H,11,12). The highest BCUT2D eigenvalue weighted by molar-refractivity contribution is 6.35. The third kappa shape index (κ3) is 3.36. The predicted molar refractivity (Wildman–Crippen MR) is 86.8 cm³/mol. The van der Waals surface area contributed by atoms with Crippen LogP contribution in [0.5, 0.6) is 0 Å². The van der Waals surface area contributed by atoms with Gasteiger partial charge in [0.25, 0.3) is 0 Å². The van der Waals surface area contributed by atoms with Crippen molar-refractivity contribution in [1.82, 2.24) is 20.4 Å². The van der Waals surface area contributed by atoms with E-state index >= 15 is 0 Å². The minimum Gasteiger partial charge on any atom is -0.287 e. The summed E-state index contributed by atoms with van der Waals surface area (Å²) in [6.45, 7) is 0. The van der Waals surface area contributed by atoms with Gasteiger partial charge in [0, 0.05) is 5.39 Å². The summed E-state index contributed by atoms with van der Waals surface area (Å²) < 4.78 is 25.4. The van der Waals surface area contributed by atoms with Crippen molar-refractivity contribution in [2.75, 3.05) is 0 Å². The molecule has 0 radical (unpaired) electrons. The summed E-state index contributed by atoms with van der Waals surface area (Å²) in [5, 5.41) is 14.9. The lowest BCUT2D eigenvalue weighted by Crippen LogP contribution is -2.02. The number of hydrogen-bond donors (Lipinski definition) is 1. The smallest absolute Gasteiger partial charge is 0.208 e. The normalized spacial score (nSPS) is 10.5. The number of aromatic nitrogens is 4. The maximum atomic E-state index is 12.7. The van der Waals surface area contributed by atoms with E-state index in [1.165, 1.54) is 36.5 Å². The zero-order valence-electron chi connectivity index (χ0n) is 12.0. The molecule has 2 aromatic heterocycles. The minimum absolute atomic E-state index is 0.275. The fraction of sp³-hybridized carbons (Fsp3) is 0. The van der Waals surface area contributed by atoms with Crippen LogP contribution in [-0.4, -0.2) is 20.4 Å². The molecule has 0 bridgehead atoms. The Bertz CT molecular complexity index is 1080. The maximum Gasteiger partial charge on any atom is 0.208 e. The van der Waals surface area contributed by atoms with Crippen molar-refractivity contribution in [1.29, 1.82) is 0 Å². The van der Waals surface area contributed by atoms with Crippen LogP contribution in [0.25, 0.3) is 21.8 Å². The third-order valence-electron chi connectivity index (χ3n) is 3.17. The van der Waals surface area contributed by atoms with Crippen molar-refractivity contribution >= 4 is 33.4 Å². The van der Waals surface area contributed by atoms with Gasteiger partial charge in [-0.1, -0.05) is 11.6 Å². The van der Waals surface area contributed by atoms with E-state index in [9.17, 15) is 13.6 Å². The van der Waals surface area contributed by atoms with E-state index < -0.39 is 5.82 Å². The number of halogens is 3. The van der Waals surface area contributed by atoms with Crippen LogP contribution < -0.4 is 5.43 Å². The van der Waals surface area contributed by atoms with Crippen LogP contribution in [0.4, 0.5) is 8.78 Å². The van der Waals surface area contributed by atoms with E-state index in [0.717, 1.165) is 6.20 Å². The molecule has 2 heterocycles. The first kappa shape index (κ1) is 15.9. The van der Waals surface area contributed by atoms with Crippen LogP contribution >= 0.6 is 11.6 Å². The van der Waals surface area contributed by atoms with Crippen molar-refractivity contribution in [3.05, 3.63) is 75.7 Å². The summed E-state index contributed by atoms with van der Waals surface area (Å²) in [6, 6.07) is 8.16. The van der Waals surface area contributed by atoms with Gasteiger partial charge in [0.2, 0.25) is 5.43 Å². The molecule has 2 aromatic carbocycles. The highest BCUT2D eigenvalue weighted by Gasteiger charge is 2.01. The van der Waals surface area contributed by atoms with Crippen LogP contribution in [0.15, 0.2) is 53.6 Å². The number of hydrogen-bond acceptors (Lipinski definition) is 4. The fourth-order valence-electron chi connectivity index (χ4n) is 2.05. The molecule has 0 aliphatic carbocycles. The first-order chi connectivity index (χ1) is 11.5. The molecular weight excluding hydrogens is 338 g/mol. The molecule has 0 saturated heterocycles. The Morgan fingerprint density at radius 3 is 2.46 bits per heavy atom. The van der Waals surface area contributed by atoms with Crippen molar-refractivity contribution in [3.8, 4) is 0 Å². The zero-order valence-corrected chi connectivity index (χ0v) is 12.8. The fourth-order valence-corrected chi connectivity index (χ4v) is 2.24. The summed E-state index contributed by atoms with van der Waals surface area (Å²) in [4.78, 5) is 11.1. The summed E-state index contributed by atoms with van der Waals surface area (Å²) >= 11 is 5.76. The Hall–Kier alpha value is -2.93. The summed E-state index contributed by atoms with van der Waals surface area (Å²) in [6.07, 6.45) is 2.52. The molecule has 8 heteroatoms. The Morgan fingerprint density at radius 2 is 1.67 bits per heavy atom. The number of benzene rings is 2. The molecule has 0 unspecified atom stereocenters. The third-order valence-corrected chi connectivity index (χ3v) is 3.47. The van der Waals surface area contributed by atoms with Crippen LogP contribution in [-0.2, 0) is 0 Å². The molecule has 0 atom stereocenters. The largest absolute Gasteiger partial charge is 0.287 e. The summed E-state index contributed by atoms with van der Waals surface area (Å²) in [5.74, 6) is -0.739. The topological polar surface area (TPSA) is 71.5 Å². The molecular formula is C16H9ClF2N4O. The number of nitrogens with zero attached hydrogens (tertiary/aromatic N) is 3. The summed E-state index contributed by atoms with van der Waals surface area (Å²) in [7, 11) is 0. The monoisotopic (exact) mass is 346 g/mol. The van der Waals surface area contributed by atoms with Gasteiger partial charge in [-0.25, -0.2) is 8.78 Å². The second-order valence-electron chi connectivity index (χ2n) is 4.78. The first-order valence-corrected chi connectivity index (χ1v) is 7.12. The molecule has 4 aromatic rings. The molecule has 24 heavy (non-hydrogen) atoms. The highest BCUT2D eigenvalue weighted by atomic mass is 35.5. The van der Waals surface area contributed by atoms with Gasteiger partial charge in [-0.2, -0.15) is 15.3 Å². The van der Waals surface area contributed by atoms with E-state index in [-0.39, 0.29) is 11.2 Å². The molecule has 0 amide bonds. The van der Waals surface area contributed by atoms with E-state index in [1.807, 2.05) is 0 Å². The van der Waals surface area contributed by atoms with Gasteiger partial charge in [-0.3, -0.25) is 9.89 Å². The van der Waals surface area contributed by atoms with Crippen LogP contribution in [0.3, 0.4) is 0 Å². The average Bonchev–Trinajstić information content (AvgIpc) is 2.57. The number of rotatable bonds is 0. The quantitative estimate of drug-likeness (QED) is 0.529. The van der Waals surface area contributed by atoms with Crippen molar-refractivity contribution in [2.45, 2.75) is 0 Å². The number of fused-ring (bicyclic) bond motifs is 2. The predicted octanol–water partition coefficient (Wildman–Crippen LogP) is 3.48. The van der Waals surface area contributed by atoms with Gasteiger partial charge < -0.3 is 0 Å². The van der Waals surface area contributed by atoms with Gasteiger partial charge in [0.1, 0.15) is 11.6 Å². The van der Waals surface area contributed by atoms with E-state index in [1.54, 1.807) is 6.07 Å². The number of H-pyrrole nitrogens is 1. The molecule has 0 aliphatic heterocycles. The van der Waals surface area contributed by atoms with Crippen LogP contribution in [0.2, 0.25) is 5.02 Å². The Balaban J connectivity index is 0.000000141. The van der Waals surface area contributed by atoms with Crippen LogP contribution in [0.1, 0.15) is 0 Å². The molecule has 4 rings (SSSR count). The lowest BCUT2D eigenvalue weighted by atomic mass is 10.2. The molecule has 5 nitrogen and oxygen atoms in total. The Morgan fingerprint density at radius 1 is 0.958 bits per heavy atom. The highest BCUT2D eigenvalue weighted by Crippen LogP contribution is 2.20. The van der Waals surface area contributed by atoms with E-state index in [2.05, 4.69) is 20.4 Å². The summed E-state index contributed by atoms with van der Waals surface area (Å²) in [5.41, 5.74) is 0.871. The molecule has 0 fully saturated rings. The van der Waals surface area contributed by atoms with Gasteiger partial charge in [-0.05, 0) is 36.4 Å². The van der Waals surface area contributed by atoms with Crippen molar-refractivity contribution in [3.63, 3.8) is 0 Å². The number of aromatic amines is 1. The minimum atomic E-state index is -0.417. The second kappa shape index (κ2) is 6.67. The molecule has 0 aliphatic rings. The van der Waals surface area contributed by atoms with Crippen molar-refractivity contribution < 1.29 is 8.78 Å². The average molecular weight is 347 g/mol. The zero-order chi connectivity index (χ0) is 17.1. The Kier molecular flexibility index (Phi) is 4.43. The van der Waals surface area contributed by atoms with Gasteiger partial charge in [-0.15, -0.1) is 0 Å². The van der Waals surface area contributed by atoms with E-state index in [4.69, 9.17) is 11.6 Å². The van der Waals surface area contributed by atoms with Gasteiger partial charge in [0.05, 0.1) is 33.8 Å². The van der Waals surface area contributed by atoms with E-state index in [0.29, 0.717) is 26.8 Å². The molecule has 0 spiro atoms. The number of nitrogens with one attached hydrogen (secondary N) is 1. The SMILES string of the molecule is Fc1ccc2nncc(Cl)c2c1.O=c1cn[nH]c2ccc(F)cc12. The van der Waals surface area contributed by atoms with Gasteiger partial charge in [0.15, 0.2) is 0 Å². The van der Waals surface area contributed by atoms with Crippen LogP contribution in [0, 0.1) is 11.6 Å². The van der Waals surface area contributed by atoms with Gasteiger partial charge >= 0.3 is 0 Å². The first-order valence-electron chi connectivity index (χ1n) is 6.74.